The van der Waals surface area contributed by atoms with Gasteiger partial charge in [0.2, 0.25) is 0 Å². The third kappa shape index (κ3) is 3.61. The summed E-state index contributed by atoms with van der Waals surface area (Å²) < 4.78 is 0. The molecule has 0 saturated carbocycles. The van der Waals surface area contributed by atoms with Crippen molar-refractivity contribution in [1.82, 2.24) is 5.32 Å². The molecular formula is C13H18Cl2N2O. The van der Waals surface area contributed by atoms with Gasteiger partial charge in [0.25, 0.3) is 5.91 Å². The second-order valence-electron chi connectivity index (χ2n) is 4.35. The first-order chi connectivity index (χ1) is 8.43. The third-order valence-electron chi connectivity index (χ3n) is 3.21. The van der Waals surface area contributed by atoms with Crippen LogP contribution in [0.3, 0.4) is 0 Å². The molecular weight excluding hydrogens is 271 g/mol. The summed E-state index contributed by atoms with van der Waals surface area (Å²) in [6.07, 6.45) is 1.60. The summed E-state index contributed by atoms with van der Waals surface area (Å²) in [4.78, 5) is 12.0. The highest BCUT2D eigenvalue weighted by Crippen LogP contribution is 2.25. The van der Waals surface area contributed by atoms with Gasteiger partial charge in [0.15, 0.2) is 0 Å². The van der Waals surface area contributed by atoms with Crippen LogP contribution in [0.1, 0.15) is 37.0 Å². The van der Waals surface area contributed by atoms with E-state index in [1.54, 1.807) is 18.2 Å². The topological polar surface area (TPSA) is 55.1 Å². The van der Waals surface area contributed by atoms with Crippen LogP contribution in [0.2, 0.25) is 10.0 Å². The molecule has 100 valence electrons. The van der Waals surface area contributed by atoms with Crippen molar-refractivity contribution in [2.75, 3.05) is 6.54 Å². The van der Waals surface area contributed by atoms with Crippen LogP contribution < -0.4 is 11.1 Å². The first-order valence-electron chi connectivity index (χ1n) is 5.94. The van der Waals surface area contributed by atoms with Gasteiger partial charge in [-0.2, -0.15) is 0 Å². The molecule has 0 aromatic heterocycles. The van der Waals surface area contributed by atoms with Crippen molar-refractivity contribution in [3.05, 3.63) is 33.8 Å². The molecule has 0 heterocycles. The van der Waals surface area contributed by atoms with E-state index in [0.29, 0.717) is 17.1 Å². The van der Waals surface area contributed by atoms with Gasteiger partial charge >= 0.3 is 0 Å². The molecule has 1 aromatic carbocycles. The maximum Gasteiger partial charge on any atom is 0.252 e. The third-order valence-corrected chi connectivity index (χ3v) is 4.02. The van der Waals surface area contributed by atoms with E-state index in [-0.39, 0.29) is 16.5 Å². The van der Waals surface area contributed by atoms with E-state index in [2.05, 4.69) is 5.32 Å². The van der Waals surface area contributed by atoms with E-state index < -0.39 is 0 Å². The predicted octanol–water partition coefficient (Wildman–Crippen LogP) is 3.24. The molecule has 3 nitrogen and oxygen atoms in total. The number of amides is 1. The molecule has 0 saturated heterocycles. The van der Waals surface area contributed by atoms with E-state index >= 15 is 0 Å². The van der Waals surface area contributed by atoms with Crippen LogP contribution in [-0.2, 0) is 0 Å². The Morgan fingerprint density at radius 3 is 2.50 bits per heavy atom. The molecule has 0 atom stereocenters. The Kier molecular flexibility index (Phi) is 5.45. The van der Waals surface area contributed by atoms with Gasteiger partial charge in [-0.1, -0.05) is 43.1 Å². The normalized spacial score (nSPS) is 11.4. The molecule has 1 rings (SSSR count). The zero-order valence-electron chi connectivity index (χ0n) is 10.6. The van der Waals surface area contributed by atoms with Crippen LogP contribution in [0.25, 0.3) is 0 Å². The molecule has 5 heteroatoms. The smallest absolute Gasteiger partial charge is 0.252 e. The monoisotopic (exact) mass is 288 g/mol. The van der Waals surface area contributed by atoms with Crippen LogP contribution in [0.5, 0.6) is 0 Å². The van der Waals surface area contributed by atoms with Crippen molar-refractivity contribution >= 4 is 29.1 Å². The molecule has 1 amide bonds. The fourth-order valence-corrected chi connectivity index (χ4v) is 1.92. The summed E-state index contributed by atoms with van der Waals surface area (Å²) >= 11 is 11.8. The van der Waals surface area contributed by atoms with Crippen LogP contribution >= 0.6 is 23.2 Å². The highest BCUT2D eigenvalue weighted by Gasteiger charge is 2.22. The summed E-state index contributed by atoms with van der Waals surface area (Å²) in [5.74, 6) is -0.251. The Labute approximate surface area is 118 Å². The number of carbonyl (C=O) groups excluding carboxylic acids is 1. The second-order valence-corrected chi connectivity index (χ2v) is 5.14. The Morgan fingerprint density at radius 2 is 1.94 bits per heavy atom. The van der Waals surface area contributed by atoms with Gasteiger partial charge in [0.1, 0.15) is 0 Å². The van der Waals surface area contributed by atoms with E-state index in [9.17, 15) is 4.79 Å². The molecule has 0 spiro atoms. The Bertz CT molecular complexity index is 431. The molecule has 3 N–H and O–H groups in total. The Balaban J connectivity index is 2.75. The van der Waals surface area contributed by atoms with E-state index in [0.717, 1.165) is 12.8 Å². The zero-order valence-corrected chi connectivity index (χ0v) is 12.1. The van der Waals surface area contributed by atoms with Crippen LogP contribution in [0.15, 0.2) is 18.2 Å². The highest BCUT2D eigenvalue weighted by molar-refractivity contribution is 6.43. The van der Waals surface area contributed by atoms with Gasteiger partial charge in [-0.3, -0.25) is 4.79 Å². The standard InChI is InChI=1S/C13H18Cl2N2O/c1-3-13(16,4-2)8-17-12(18)9-6-5-7-10(14)11(9)15/h5-7H,3-4,8,16H2,1-2H3,(H,17,18). The first kappa shape index (κ1) is 15.3. The second kappa shape index (κ2) is 6.41. The highest BCUT2D eigenvalue weighted by atomic mass is 35.5. The lowest BCUT2D eigenvalue weighted by atomic mass is 9.94. The lowest BCUT2D eigenvalue weighted by Crippen LogP contribution is -2.49. The number of hydrogen-bond donors (Lipinski definition) is 2. The Morgan fingerprint density at radius 1 is 1.33 bits per heavy atom. The van der Waals surface area contributed by atoms with Gasteiger partial charge in [0, 0.05) is 12.1 Å². The molecule has 0 radical (unpaired) electrons. The number of nitrogens with two attached hydrogens (primary N) is 1. The number of halogens is 2. The van der Waals surface area contributed by atoms with Crippen LogP contribution in [0, 0.1) is 0 Å². The molecule has 1 aromatic rings. The fraction of sp³-hybridized carbons (Fsp3) is 0.462. The van der Waals surface area contributed by atoms with Crippen molar-refractivity contribution in [2.45, 2.75) is 32.2 Å². The average molecular weight is 289 g/mol. The minimum Gasteiger partial charge on any atom is -0.350 e. The zero-order chi connectivity index (χ0) is 13.8. The number of nitrogens with one attached hydrogen (secondary N) is 1. The van der Waals surface area contributed by atoms with Crippen molar-refractivity contribution in [2.24, 2.45) is 5.73 Å². The summed E-state index contributed by atoms with van der Waals surface area (Å²) in [5.41, 5.74) is 6.12. The van der Waals surface area contributed by atoms with Crippen molar-refractivity contribution in [1.29, 1.82) is 0 Å². The fourth-order valence-electron chi connectivity index (χ4n) is 1.53. The molecule has 0 aliphatic rings. The van der Waals surface area contributed by atoms with Crippen molar-refractivity contribution in [3.8, 4) is 0 Å². The van der Waals surface area contributed by atoms with E-state index in [4.69, 9.17) is 28.9 Å². The number of hydrogen-bond acceptors (Lipinski definition) is 2. The molecule has 18 heavy (non-hydrogen) atoms. The lowest BCUT2D eigenvalue weighted by Gasteiger charge is -2.26. The van der Waals surface area contributed by atoms with Crippen molar-refractivity contribution in [3.63, 3.8) is 0 Å². The van der Waals surface area contributed by atoms with Gasteiger partial charge in [-0.15, -0.1) is 0 Å². The quantitative estimate of drug-likeness (QED) is 0.874. The van der Waals surface area contributed by atoms with E-state index in [1.807, 2.05) is 13.8 Å². The number of benzene rings is 1. The van der Waals surface area contributed by atoms with E-state index in [1.165, 1.54) is 0 Å². The predicted molar refractivity (Wildman–Crippen MR) is 76.3 cm³/mol. The number of carbonyl (C=O) groups is 1. The minimum absolute atomic E-state index is 0.251. The average Bonchev–Trinajstić information content (AvgIpc) is 2.39. The largest absolute Gasteiger partial charge is 0.350 e. The number of rotatable bonds is 5. The molecule has 0 bridgehead atoms. The molecule has 0 aliphatic heterocycles. The molecule has 0 aliphatic carbocycles. The molecule has 0 fully saturated rings. The van der Waals surface area contributed by atoms with Crippen LogP contribution in [0.4, 0.5) is 0 Å². The summed E-state index contributed by atoms with van der Waals surface area (Å²) in [6.45, 7) is 4.42. The summed E-state index contributed by atoms with van der Waals surface area (Å²) in [6, 6.07) is 4.98. The minimum atomic E-state index is -0.374. The summed E-state index contributed by atoms with van der Waals surface area (Å²) in [5, 5.41) is 3.44. The Hall–Kier alpha value is -0.770. The van der Waals surface area contributed by atoms with Gasteiger partial charge in [-0.05, 0) is 25.0 Å². The maximum absolute atomic E-state index is 12.0. The lowest BCUT2D eigenvalue weighted by molar-refractivity contribution is 0.0942. The van der Waals surface area contributed by atoms with Crippen molar-refractivity contribution < 1.29 is 4.79 Å². The van der Waals surface area contributed by atoms with Gasteiger partial charge < -0.3 is 11.1 Å². The SMILES string of the molecule is CCC(N)(CC)CNC(=O)c1cccc(Cl)c1Cl. The van der Waals surface area contributed by atoms with Gasteiger partial charge in [0.05, 0.1) is 15.6 Å². The molecule has 0 unspecified atom stereocenters. The van der Waals surface area contributed by atoms with Gasteiger partial charge in [-0.25, -0.2) is 0 Å². The first-order valence-corrected chi connectivity index (χ1v) is 6.70. The maximum atomic E-state index is 12.0. The van der Waals surface area contributed by atoms with Crippen LogP contribution in [-0.4, -0.2) is 18.0 Å². The summed E-state index contributed by atoms with van der Waals surface area (Å²) in [7, 11) is 0.